The Hall–Kier alpha value is -0.920. The third-order valence-electron chi connectivity index (χ3n) is 5.04. The maximum absolute atomic E-state index is 3.35. The van der Waals surface area contributed by atoms with Crippen molar-refractivity contribution in [1.29, 1.82) is 0 Å². The average Bonchev–Trinajstić information content (AvgIpc) is 3.50. The molecule has 4 rings (SSSR count). The van der Waals surface area contributed by atoms with E-state index < -0.39 is 0 Å². The van der Waals surface area contributed by atoms with Gasteiger partial charge in [0.2, 0.25) is 0 Å². The summed E-state index contributed by atoms with van der Waals surface area (Å²) < 4.78 is 0. The fourth-order valence-corrected chi connectivity index (χ4v) is 3.50. The van der Waals surface area contributed by atoms with Crippen molar-refractivity contribution in [2.75, 3.05) is 0 Å². The van der Waals surface area contributed by atoms with Crippen LogP contribution in [0.4, 0.5) is 0 Å². The topological polar surface area (TPSA) is 0 Å². The van der Waals surface area contributed by atoms with Crippen LogP contribution in [-0.2, 0) is 36.2 Å². The van der Waals surface area contributed by atoms with Crippen molar-refractivity contribution < 1.29 is 23.3 Å². The van der Waals surface area contributed by atoms with Gasteiger partial charge in [0.25, 0.3) is 0 Å². The summed E-state index contributed by atoms with van der Waals surface area (Å²) in [6, 6.07) is 21.4. The Balaban J connectivity index is 0.000000528. The Labute approximate surface area is 235 Å². The van der Waals surface area contributed by atoms with Gasteiger partial charge in [0.15, 0.2) is 0 Å². The zero-order valence-corrected chi connectivity index (χ0v) is 25.6. The molecule has 34 heavy (non-hydrogen) atoms. The van der Waals surface area contributed by atoms with Crippen LogP contribution in [-0.4, -0.2) is 5.43 Å². The van der Waals surface area contributed by atoms with E-state index in [2.05, 4.69) is 110 Å². The monoisotopic (exact) mass is 586 g/mol. The van der Waals surface area contributed by atoms with Crippen molar-refractivity contribution >= 4 is 30.2 Å². The maximum atomic E-state index is 3.35. The number of halogens is 2. The molecular formula is C30H38Cl2SiZr. The summed E-state index contributed by atoms with van der Waals surface area (Å²) in [6.45, 7) is 4.62. The van der Waals surface area contributed by atoms with E-state index in [9.17, 15) is 0 Å². The molecule has 0 N–H and O–H groups in total. The number of hydrogen-bond donors (Lipinski definition) is 0. The van der Waals surface area contributed by atoms with Gasteiger partial charge in [-0.05, 0) is 36.8 Å². The van der Waals surface area contributed by atoms with Crippen LogP contribution in [0.1, 0.15) is 49.7 Å². The molecule has 0 amide bonds. The van der Waals surface area contributed by atoms with Crippen molar-refractivity contribution in [2.24, 2.45) is 0 Å². The van der Waals surface area contributed by atoms with E-state index in [0.717, 1.165) is 12.8 Å². The molecule has 4 heteroatoms. The molecule has 0 fully saturated rings. The fourth-order valence-electron chi connectivity index (χ4n) is 3.50. The van der Waals surface area contributed by atoms with Gasteiger partial charge < -0.3 is 0 Å². The smallest absolute Gasteiger partial charge is 0.0277 e. The van der Waals surface area contributed by atoms with Crippen molar-refractivity contribution in [3.63, 3.8) is 0 Å². The Morgan fingerprint density at radius 2 is 1.00 bits per heavy atom. The number of aryl methyl sites for hydroxylation is 2. The first-order valence-electron chi connectivity index (χ1n) is 11.8. The molecule has 0 bridgehead atoms. The SMILES string of the molecule is C[Si](C)=[Zr+2].Cl.Cl.[C-]1=C(CCCc2ccccc2)C=CC1.[C-]1=C(CCCc2ccccc2)C=CC1. The normalized spacial score (nSPS) is 12.7. The molecular weight excluding hydrogens is 551 g/mol. The van der Waals surface area contributed by atoms with E-state index in [1.165, 1.54) is 60.8 Å². The van der Waals surface area contributed by atoms with Crippen LogP contribution in [0.15, 0.2) is 96.1 Å². The van der Waals surface area contributed by atoms with Gasteiger partial charge in [-0.15, -0.1) is 37.7 Å². The Bertz CT molecular complexity index is 840. The van der Waals surface area contributed by atoms with E-state index in [1.807, 2.05) is 0 Å². The van der Waals surface area contributed by atoms with Crippen molar-refractivity contribution in [3.05, 3.63) is 119 Å². The zero-order valence-electron chi connectivity index (χ0n) is 20.6. The molecule has 0 saturated carbocycles. The summed E-state index contributed by atoms with van der Waals surface area (Å²) in [4.78, 5) is 0. The molecule has 2 aromatic carbocycles. The van der Waals surface area contributed by atoms with E-state index in [4.69, 9.17) is 0 Å². The Kier molecular flexibility index (Phi) is 20.8. The average molecular weight is 589 g/mol. The molecule has 0 spiro atoms. The first-order chi connectivity index (χ1) is 15.6. The number of rotatable bonds is 8. The van der Waals surface area contributed by atoms with Gasteiger partial charge in [-0.25, -0.2) is 23.3 Å². The molecule has 2 aliphatic carbocycles. The zero-order chi connectivity index (χ0) is 22.9. The Morgan fingerprint density at radius 1 is 0.647 bits per heavy atom. The summed E-state index contributed by atoms with van der Waals surface area (Å²) >= 11 is 1.74. The van der Waals surface area contributed by atoms with Crippen LogP contribution in [0.25, 0.3) is 0 Å². The largest absolute Gasteiger partial charge is 0.269 e. The molecule has 0 atom stereocenters. The number of hydrogen-bond acceptors (Lipinski definition) is 0. The predicted octanol–water partition coefficient (Wildman–Crippen LogP) is 9.03. The predicted molar refractivity (Wildman–Crippen MR) is 152 cm³/mol. The van der Waals surface area contributed by atoms with Gasteiger partial charge in [-0.2, -0.15) is 12.2 Å². The molecule has 0 heterocycles. The second kappa shape index (κ2) is 21.4. The van der Waals surface area contributed by atoms with E-state index in [0.29, 0.717) is 0 Å². The van der Waals surface area contributed by atoms with Crippen molar-refractivity contribution in [1.82, 2.24) is 0 Å². The molecule has 0 aliphatic heterocycles. The molecule has 180 valence electrons. The van der Waals surface area contributed by atoms with Gasteiger partial charge in [0.1, 0.15) is 0 Å². The molecule has 0 unspecified atom stereocenters. The summed E-state index contributed by atoms with van der Waals surface area (Å²) in [6.07, 6.45) is 24.7. The number of benzene rings is 2. The van der Waals surface area contributed by atoms with Crippen LogP contribution in [0.5, 0.6) is 0 Å². The van der Waals surface area contributed by atoms with E-state index in [-0.39, 0.29) is 30.2 Å². The van der Waals surface area contributed by atoms with E-state index >= 15 is 0 Å². The minimum atomic E-state index is 0. The number of allylic oxidation sites excluding steroid dienone is 8. The minimum Gasteiger partial charge on any atom is -0.269 e. The molecule has 2 aromatic rings. The molecule has 2 aliphatic rings. The summed E-state index contributed by atoms with van der Waals surface area (Å²) in [5.41, 5.74) is 5.87. The van der Waals surface area contributed by atoms with Crippen molar-refractivity contribution in [2.45, 2.75) is 64.5 Å². The first-order valence-corrected chi connectivity index (χ1v) is 17.9. The maximum Gasteiger partial charge on any atom is -0.0277 e. The molecule has 0 aromatic heterocycles. The van der Waals surface area contributed by atoms with Crippen LogP contribution in [0.3, 0.4) is 0 Å². The summed E-state index contributed by atoms with van der Waals surface area (Å²) in [5, 5.41) is 0. The quantitative estimate of drug-likeness (QED) is 0.213. The van der Waals surface area contributed by atoms with Crippen LogP contribution in [0.2, 0.25) is 13.1 Å². The van der Waals surface area contributed by atoms with Crippen LogP contribution < -0.4 is 0 Å². The molecule has 0 radical (unpaired) electrons. The second-order valence-corrected chi connectivity index (χ2v) is 17.7. The van der Waals surface area contributed by atoms with Gasteiger partial charge in [-0.3, -0.25) is 12.2 Å². The van der Waals surface area contributed by atoms with Gasteiger partial charge in [-0.1, -0.05) is 73.5 Å². The Morgan fingerprint density at radius 3 is 1.29 bits per heavy atom. The summed E-state index contributed by atoms with van der Waals surface area (Å²) in [7, 11) is 0. The standard InChI is InChI=1S/2C14H15.C2H6Si.2ClH.Zr/c2*1-2-7-13(8-3-1)11-6-12-14-9-4-5-10-14;1-3-2;;;/h2*1-4,7-9H,5-6,11-12H2;1-2H3;2*1H;/q2*-1;;;;+2. The fraction of sp³-hybridized carbons (Fsp3) is 0.333. The summed E-state index contributed by atoms with van der Waals surface area (Å²) in [5.74, 6) is 0. The second-order valence-electron chi connectivity index (χ2n) is 8.30. The first kappa shape index (κ1) is 33.1. The van der Waals surface area contributed by atoms with Gasteiger partial charge in [0, 0.05) is 0 Å². The third-order valence-corrected chi connectivity index (χ3v) is 5.04. The third kappa shape index (κ3) is 16.7. The van der Waals surface area contributed by atoms with Gasteiger partial charge >= 0.3 is 41.9 Å². The van der Waals surface area contributed by atoms with Crippen molar-refractivity contribution in [3.8, 4) is 0 Å². The minimum absolute atomic E-state index is 0. The molecule has 0 saturated heterocycles. The van der Waals surface area contributed by atoms with Crippen LogP contribution >= 0.6 is 24.8 Å². The van der Waals surface area contributed by atoms with Crippen LogP contribution in [0, 0.1) is 12.2 Å². The molecule has 0 nitrogen and oxygen atoms in total. The van der Waals surface area contributed by atoms with Gasteiger partial charge in [0.05, 0.1) is 0 Å². The van der Waals surface area contributed by atoms with E-state index in [1.54, 1.807) is 23.3 Å².